The highest BCUT2D eigenvalue weighted by Gasteiger charge is 2.21. The number of hydrogen-bond donors (Lipinski definition) is 1. The van der Waals surface area contributed by atoms with Crippen molar-refractivity contribution in [2.75, 3.05) is 19.7 Å². The van der Waals surface area contributed by atoms with Crippen LogP contribution in [-0.2, 0) is 17.7 Å². The van der Waals surface area contributed by atoms with E-state index in [2.05, 4.69) is 54.9 Å². The molecule has 2 heterocycles. The molecule has 1 aliphatic rings. The molecule has 0 aliphatic carbocycles. The average molecular weight is 286 g/mol. The van der Waals surface area contributed by atoms with Gasteiger partial charge in [-0.2, -0.15) is 0 Å². The van der Waals surface area contributed by atoms with Crippen molar-refractivity contribution in [2.45, 2.75) is 45.8 Å². The van der Waals surface area contributed by atoms with Crippen LogP contribution in [0, 0.1) is 0 Å². The first-order valence-electron chi connectivity index (χ1n) is 8.04. The van der Waals surface area contributed by atoms with Gasteiger partial charge in [-0.25, -0.2) is 0 Å². The standard InChI is InChI=1S/C18H26N2O/c1-4-18(2,3)21-12-11-20-10-9-15-14-7-5-6-8-16(14)19-17(15)13-20/h5-8,19H,4,9-13H2,1-3H3. The minimum atomic E-state index is 0.00204. The highest BCUT2D eigenvalue weighted by atomic mass is 16.5. The summed E-state index contributed by atoms with van der Waals surface area (Å²) in [5.74, 6) is 0. The molecule has 1 aromatic carbocycles. The number of hydrogen-bond acceptors (Lipinski definition) is 2. The molecule has 3 rings (SSSR count). The Balaban J connectivity index is 1.62. The van der Waals surface area contributed by atoms with E-state index in [9.17, 15) is 0 Å². The number of para-hydroxylation sites is 1. The second kappa shape index (κ2) is 5.82. The van der Waals surface area contributed by atoms with Crippen LogP contribution in [0.1, 0.15) is 38.4 Å². The average Bonchev–Trinajstić information content (AvgIpc) is 2.85. The molecular weight excluding hydrogens is 260 g/mol. The first-order chi connectivity index (χ1) is 10.1. The lowest BCUT2D eigenvalue weighted by atomic mass is 10.0. The van der Waals surface area contributed by atoms with E-state index in [1.54, 1.807) is 0 Å². The number of aromatic nitrogens is 1. The molecule has 0 fully saturated rings. The smallest absolute Gasteiger partial charge is 0.0624 e. The summed E-state index contributed by atoms with van der Waals surface area (Å²) in [4.78, 5) is 6.07. The molecular formula is C18H26N2O. The van der Waals surface area contributed by atoms with Crippen molar-refractivity contribution >= 4 is 10.9 Å². The number of H-pyrrole nitrogens is 1. The Bertz CT molecular complexity index is 615. The molecule has 0 unspecified atom stereocenters. The highest BCUT2D eigenvalue weighted by molar-refractivity contribution is 5.84. The van der Waals surface area contributed by atoms with E-state index in [0.29, 0.717) is 0 Å². The second-order valence-electron chi connectivity index (χ2n) is 6.62. The molecule has 0 radical (unpaired) electrons. The minimum Gasteiger partial charge on any atom is -0.374 e. The van der Waals surface area contributed by atoms with E-state index in [1.807, 2.05) is 0 Å². The van der Waals surface area contributed by atoms with Gasteiger partial charge in [-0.15, -0.1) is 0 Å². The fraction of sp³-hybridized carbons (Fsp3) is 0.556. The van der Waals surface area contributed by atoms with Crippen molar-refractivity contribution in [1.82, 2.24) is 9.88 Å². The van der Waals surface area contributed by atoms with Crippen LogP contribution in [0.25, 0.3) is 10.9 Å². The van der Waals surface area contributed by atoms with Crippen LogP contribution in [0.3, 0.4) is 0 Å². The van der Waals surface area contributed by atoms with Crippen LogP contribution >= 0.6 is 0 Å². The summed E-state index contributed by atoms with van der Waals surface area (Å²) in [5, 5.41) is 1.40. The van der Waals surface area contributed by atoms with Gasteiger partial charge in [-0.05, 0) is 38.3 Å². The molecule has 0 saturated heterocycles. The number of ether oxygens (including phenoxy) is 1. The molecule has 1 N–H and O–H groups in total. The topological polar surface area (TPSA) is 28.3 Å². The van der Waals surface area contributed by atoms with Crippen LogP contribution in [0.15, 0.2) is 24.3 Å². The predicted octanol–water partition coefficient (Wildman–Crippen LogP) is 3.73. The maximum absolute atomic E-state index is 5.98. The van der Waals surface area contributed by atoms with Crippen LogP contribution in [0.4, 0.5) is 0 Å². The van der Waals surface area contributed by atoms with E-state index in [1.165, 1.54) is 22.2 Å². The predicted molar refractivity (Wildman–Crippen MR) is 87.6 cm³/mol. The first-order valence-corrected chi connectivity index (χ1v) is 8.04. The summed E-state index contributed by atoms with van der Waals surface area (Å²) < 4.78 is 5.98. The lowest BCUT2D eigenvalue weighted by Gasteiger charge is -2.29. The van der Waals surface area contributed by atoms with Gasteiger partial charge in [-0.1, -0.05) is 25.1 Å². The third-order valence-electron chi connectivity index (χ3n) is 4.71. The molecule has 1 aliphatic heterocycles. The zero-order chi connectivity index (χ0) is 14.9. The lowest BCUT2D eigenvalue weighted by Crippen LogP contribution is -2.35. The number of aromatic amines is 1. The van der Waals surface area contributed by atoms with Crippen molar-refractivity contribution in [3.8, 4) is 0 Å². The summed E-state index contributed by atoms with van der Waals surface area (Å²) in [6.07, 6.45) is 2.19. The van der Waals surface area contributed by atoms with Gasteiger partial charge in [0.25, 0.3) is 0 Å². The molecule has 3 heteroatoms. The maximum Gasteiger partial charge on any atom is 0.0624 e. The molecule has 0 spiro atoms. The van der Waals surface area contributed by atoms with Crippen molar-refractivity contribution in [1.29, 1.82) is 0 Å². The third-order valence-corrected chi connectivity index (χ3v) is 4.71. The molecule has 0 atom stereocenters. The molecule has 2 aromatic rings. The monoisotopic (exact) mass is 286 g/mol. The second-order valence-corrected chi connectivity index (χ2v) is 6.62. The van der Waals surface area contributed by atoms with Crippen LogP contribution in [-0.4, -0.2) is 35.2 Å². The molecule has 0 amide bonds. The van der Waals surface area contributed by atoms with Crippen molar-refractivity contribution in [3.63, 3.8) is 0 Å². The Hall–Kier alpha value is -1.32. The van der Waals surface area contributed by atoms with Crippen molar-refractivity contribution < 1.29 is 4.74 Å². The van der Waals surface area contributed by atoms with E-state index < -0.39 is 0 Å². The zero-order valence-electron chi connectivity index (χ0n) is 13.4. The van der Waals surface area contributed by atoms with E-state index in [-0.39, 0.29) is 5.60 Å². The van der Waals surface area contributed by atoms with Gasteiger partial charge in [0.1, 0.15) is 0 Å². The van der Waals surface area contributed by atoms with E-state index in [0.717, 1.165) is 39.1 Å². The largest absolute Gasteiger partial charge is 0.374 e. The molecule has 0 bridgehead atoms. The fourth-order valence-corrected chi connectivity index (χ4v) is 2.99. The number of nitrogens with one attached hydrogen (secondary N) is 1. The van der Waals surface area contributed by atoms with Gasteiger partial charge >= 0.3 is 0 Å². The van der Waals surface area contributed by atoms with Gasteiger partial charge in [0.05, 0.1) is 12.2 Å². The first kappa shape index (κ1) is 14.6. The van der Waals surface area contributed by atoms with Crippen LogP contribution in [0.5, 0.6) is 0 Å². The Labute approximate surface area is 127 Å². The van der Waals surface area contributed by atoms with E-state index in [4.69, 9.17) is 4.74 Å². The summed E-state index contributed by atoms with van der Waals surface area (Å²) in [7, 11) is 0. The summed E-state index contributed by atoms with van der Waals surface area (Å²) in [6, 6.07) is 8.63. The molecule has 3 nitrogen and oxygen atoms in total. The molecule has 21 heavy (non-hydrogen) atoms. The van der Waals surface area contributed by atoms with E-state index >= 15 is 0 Å². The normalized spacial score (nSPS) is 16.3. The summed E-state index contributed by atoms with van der Waals surface area (Å²) in [5.41, 5.74) is 4.17. The van der Waals surface area contributed by atoms with Crippen LogP contribution in [0.2, 0.25) is 0 Å². The Kier molecular flexibility index (Phi) is 4.05. The van der Waals surface area contributed by atoms with Gasteiger partial charge in [0.15, 0.2) is 0 Å². The maximum atomic E-state index is 5.98. The Morgan fingerprint density at radius 2 is 2.10 bits per heavy atom. The number of nitrogens with zero attached hydrogens (tertiary/aromatic N) is 1. The molecule has 0 saturated carbocycles. The SMILES string of the molecule is CCC(C)(C)OCCN1CCc2c([nH]c3ccccc23)C1. The highest BCUT2D eigenvalue weighted by Crippen LogP contribution is 2.27. The van der Waals surface area contributed by atoms with Crippen LogP contribution < -0.4 is 0 Å². The summed E-state index contributed by atoms with van der Waals surface area (Å²) in [6.45, 7) is 10.5. The Morgan fingerprint density at radius 1 is 1.29 bits per heavy atom. The Morgan fingerprint density at radius 3 is 2.90 bits per heavy atom. The summed E-state index contributed by atoms with van der Waals surface area (Å²) >= 11 is 0. The van der Waals surface area contributed by atoms with Crippen molar-refractivity contribution in [2.24, 2.45) is 0 Å². The van der Waals surface area contributed by atoms with Gasteiger partial charge in [-0.3, -0.25) is 4.90 Å². The van der Waals surface area contributed by atoms with Gasteiger partial charge < -0.3 is 9.72 Å². The van der Waals surface area contributed by atoms with Gasteiger partial charge in [0, 0.05) is 36.2 Å². The number of fused-ring (bicyclic) bond motifs is 3. The molecule has 114 valence electrons. The number of rotatable bonds is 5. The minimum absolute atomic E-state index is 0.00204. The number of benzene rings is 1. The van der Waals surface area contributed by atoms with Gasteiger partial charge in [0.2, 0.25) is 0 Å². The fourth-order valence-electron chi connectivity index (χ4n) is 2.99. The third kappa shape index (κ3) is 3.14. The quantitative estimate of drug-likeness (QED) is 0.907. The van der Waals surface area contributed by atoms with Crippen molar-refractivity contribution in [3.05, 3.63) is 35.5 Å². The molecule has 1 aromatic heterocycles. The lowest BCUT2D eigenvalue weighted by molar-refractivity contribution is -0.0299. The zero-order valence-corrected chi connectivity index (χ0v) is 13.4.